The van der Waals surface area contributed by atoms with Crippen molar-refractivity contribution >= 4 is 32.9 Å². The standard InChI is InChI=1S/C17H17N5O2S/c1-25(23,24)12-8-6-11(7-9-12)16-14(10-20-22-17(18)19)13-4-2-3-5-15(13)21-16/h2-10,21H,1H3,(H4,18,19,22)/b20-10+. The zero-order chi connectivity index (χ0) is 18.0. The van der Waals surface area contributed by atoms with Gasteiger partial charge in [-0.15, -0.1) is 5.10 Å². The SMILES string of the molecule is CS(=O)(=O)c1ccc(-c2[nH]c3ccccc3c2/C=N/N=C(N)N)cc1. The molecule has 25 heavy (non-hydrogen) atoms. The average Bonchev–Trinajstić information content (AvgIpc) is 2.93. The number of aromatic amines is 1. The lowest BCUT2D eigenvalue weighted by Crippen LogP contribution is -2.21. The van der Waals surface area contributed by atoms with Crippen LogP contribution >= 0.6 is 0 Å². The second-order valence-electron chi connectivity index (χ2n) is 5.53. The topological polar surface area (TPSA) is 127 Å². The molecule has 2 aromatic carbocycles. The monoisotopic (exact) mass is 355 g/mol. The predicted molar refractivity (Wildman–Crippen MR) is 100 cm³/mol. The van der Waals surface area contributed by atoms with Crippen LogP contribution in [0.15, 0.2) is 63.6 Å². The van der Waals surface area contributed by atoms with E-state index in [0.717, 1.165) is 27.7 Å². The fourth-order valence-electron chi connectivity index (χ4n) is 2.55. The number of nitrogens with one attached hydrogen (secondary N) is 1. The van der Waals surface area contributed by atoms with Crippen molar-refractivity contribution < 1.29 is 8.42 Å². The van der Waals surface area contributed by atoms with Gasteiger partial charge in [-0.1, -0.05) is 30.3 Å². The molecule has 8 heteroatoms. The lowest BCUT2D eigenvalue weighted by atomic mass is 10.1. The molecule has 0 spiro atoms. The highest BCUT2D eigenvalue weighted by Crippen LogP contribution is 2.29. The van der Waals surface area contributed by atoms with Crippen molar-refractivity contribution in [3.8, 4) is 11.3 Å². The number of hydrogen-bond acceptors (Lipinski definition) is 4. The molecule has 3 rings (SSSR count). The van der Waals surface area contributed by atoms with E-state index in [1.807, 2.05) is 24.3 Å². The Kier molecular flexibility index (Phi) is 4.28. The molecule has 0 aliphatic rings. The summed E-state index contributed by atoms with van der Waals surface area (Å²) in [5.41, 5.74) is 14.0. The van der Waals surface area contributed by atoms with Crippen LogP contribution in [0, 0.1) is 0 Å². The molecule has 3 aromatic rings. The van der Waals surface area contributed by atoms with Gasteiger partial charge in [0, 0.05) is 22.7 Å². The van der Waals surface area contributed by atoms with Crippen LogP contribution in [0.3, 0.4) is 0 Å². The van der Waals surface area contributed by atoms with Gasteiger partial charge in [-0.2, -0.15) is 5.10 Å². The summed E-state index contributed by atoms with van der Waals surface area (Å²) in [6.45, 7) is 0. The number of nitrogens with two attached hydrogens (primary N) is 2. The summed E-state index contributed by atoms with van der Waals surface area (Å²) in [6.07, 6.45) is 2.75. The van der Waals surface area contributed by atoms with E-state index in [1.165, 1.54) is 6.26 Å². The van der Waals surface area contributed by atoms with E-state index in [0.29, 0.717) is 0 Å². The molecular formula is C17H17N5O2S. The van der Waals surface area contributed by atoms with Crippen LogP contribution in [0.4, 0.5) is 0 Å². The third-order valence-electron chi connectivity index (χ3n) is 3.68. The molecule has 5 N–H and O–H groups in total. The molecule has 0 saturated carbocycles. The second-order valence-corrected chi connectivity index (χ2v) is 7.54. The van der Waals surface area contributed by atoms with Gasteiger partial charge in [-0.25, -0.2) is 8.42 Å². The Morgan fingerprint density at radius 3 is 2.40 bits per heavy atom. The summed E-state index contributed by atoms with van der Waals surface area (Å²) < 4.78 is 23.3. The molecule has 0 atom stereocenters. The smallest absolute Gasteiger partial charge is 0.211 e. The third kappa shape index (κ3) is 3.53. The molecule has 0 unspecified atom stereocenters. The van der Waals surface area contributed by atoms with E-state index in [4.69, 9.17) is 11.5 Å². The largest absolute Gasteiger partial charge is 0.369 e. The Hall–Kier alpha value is -3.13. The number of para-hydroxylation sites is 1. The Labute approximate surface area is 145 Å². The molecule has 0 aliphatic heterocycles. The summed E-state index contributed by atoms with van der Waals surface area (Å²) >= 11 is 0. The lowest BCUT2D eigenvalue weighted by Gasteiger charge is -2.03. The van der Waals surface area contributed by atoms with Gasteiger partial charge in [0.2, 0.25) is 5.96 Å². The summed E-state index contributed by atoms with van der Waals surface area (Å²) in [5, 5.41) is 8.50. The van der Waals surface area contributed by atoms with Crippen LogP contribution in [0.2, 0.25) is 0 Å². The molecule has 0 amide bonds. The number of hydrogen-bond donors (Lipinski definition) is 3. The number of sulfone groups is 1. The minimum absolute atomic E-state index is 0.129. The zero-order valence-electron chi connectivity index (χ0n) is 13.5. The first-order valence-electron chi connectivity index (χ1n) is 7.39. The highest BCUT2D eigenvalue weighted by Gasteiger charge is 2.13. The Bertz CT molecular complexity index is 1080. The predicted octanol–water partition coefficient (Wildman–Crippen LogP) is 1.85. The first-order valence-corrected chi connectivity index (χ1v) is 9.28. The van der Waals surface area contributed by atoms with E-state index in [9.17, 15) is 8.42 Å². The van der Waals surface area contributed by atoms with Crippen molar-refractivity contribution in [1.29, 1.82) is 0 Å². The average molecular weight is 355 g/mol. The van der Waals surface area contributed by atoms with Gasteiger partial charge in [0.1, 0.15) is 0 Å². The minimum Gasteiger partial charge on any atom is -0.369 e. The van der Waals surface area contributed by atoms with E-state index < -0.39 is 9.84 Å². The van der Waals surface area contributed by atoms with Gasteiger partial charge < -0.3 is 16.5 Å². The van der Waals surface area contributed by atoms with E-state index in [2.05, 4.69) is 15.2 Å². The Balaban J connectivity index is 2.15. The normalized spacial score (nSPS) is 11.9. The first kappa shape index (κ1) is 16.7. The lowest BCUT2D eigenvalue weighted by molar-refractivity contribution is 0.602. The molecule has 0 saturated heterocycles. The maximum atomic E-state index is 11.6. The van der Waals surface area contributed by atoms with Crippen molar-refractivity contribution in [1.82, 2.24) is 4.98 Å². The second kappa shape index (κ2) is 6.40. The van der Waals surface area contributed by atoms with E-state index in [1.54, 1.807) is 30.5 Å². The number of rotatable bonds is 4. The third-order valence-corrected chi connectivity index (χ3v) is 4.81. The van der Waals surface area contributed by atoms with Crippen LogP contribution in [0.25, 0.3) is 22.2 Å². The summed E-state index contributed by atoms with van der Waals surface area (Å²) in [7, 11) is -3.24. The number of aromatic nitrogens is 1. The number of nitrogens with zero attached hydrogens (tertiary/aromatic N) is 2. The highest BCUT2D eigenvalue weighted by molar-refractivity contribution is 7.90. The van der Waals surface area contributed by atoms with Crippen LogP contribution in [-0.2, 0) is 9.84 Å². The molecule has 7 nitrogen and oxygen atoms in total. The molecule has 0 aliphatic carbocycles. The molecule has 128 valence electrons. The first-order chi connectivity index (χ1) is 11.9. The number of guanidine groups is 1. The van der Waals surface area contributed by atoms with Crippen LogP contribution in [0.5, 0.6) is 0 Å². The van der Waals surface area contributed by atoms with Crippen molar-refractivity contribution in [2.45, 2.75) is 4.90 Å². The summed E-state index contributed by atoms with van der Waals surface area (Å²) in [4.78, 5) is 3.59. The van der Waals surface area contributed by atoms with Gasteiger partial charge in [-0.05, 0) is 23.8 Å². The molecule has 1 heterocycles. The van der Waals surface area contributed by atoms with Crippen LogP contribution in [0.1, 0.15) is 5.56 Å². The van der Waals surface area contributed by atoms with E-state index >= 15 is 0 Å². The van der Waals surface area contributed by atoms with Crippen molar-refractivity contribution in [2.75, 3.05) is 6.26 Å². The molecule has 0 fully saturated rings. The highest BCUT2D eigenvalue weighted by atomic mass is 32.2. The molecule has 1 aromatic heterocycles. The Morgan fingerprint density at radius 2 is 1.76 bits per heavy atom. The molecule has 0 bridgehead atoms. The van der Waals surface area contributed by atoms with Crippen molar-refractivity contribution in [3.05, 3.63) is 54.1 Å². The fourth-order valence-corrected chi connectivity index (χ4v) is 3.18. The number of H-pyrrole nitrogens is 1. The number of benzene rings is 2. The fraction of sp³-hybridized carbons (Fsp3) is 0.0588. The van der Waals surface area contributed by atoms with Gasteiger partial charge >= 0.3 is 0 Å². The minimum atomic E-state index is -3.24. The molecule has 0 radical (unpaired) electrons. The van der Waals surface area contributed by atoms with Gasteiger partial charge in [-0.3, -0.25) is 0 Å². The quantitative estimate of drug-likeness (QED) is 0.375. The van der Waals surface area contributed by atoms with Crippen LogP contribution in [-0.4, -0.2) is 31.8 Å². The number of fused-ring (bicyclic) bond motifs is 1. The maximum absolute atomic E-state index is 11.6. The van der Waals surface area contributed by atoms with Crippen LogP contribution < -0.4 is 11.5 Å². The van der Waals surface area contributed by atoms with E-state index in [-0.39, 0.29) is 10.9 Å². The summed E-state index contributed by atoms with van der Waals surface area (Å²) in [6, 6.07) is 14.4. The maximum Gasteiger partial charge on any atom is 0.211 e. The van der Waals surface area contributed by atoms with Crippen molar-refractivity contribution in [3.63, 3.8) is 0 Å². The van der Waals surface area contributed by atoms with Gasteiger partial charge in [0.25, 0.3) is 0 Å². The van der Waals surface area contributed by atoms with Gasteiger partial charge in [0.15, 0.2) is 9.84 Å². The van der Waals surface area contributed by atoms with Gasteiger partial charge in [0.05, 0.1) is 16.8 Å². The van der Waals surface area contributed by atoms with Crippen molar-refractivity contribution in [2.24, 2.45) is 21.7 Å². The summed E-state index contributed by atoms with van der Waals surface area (Å²) in [5.74, 6) is -0.129. The molecular weight excluding hydrogens is 338 g/mol. The Morgan fingerprint density at radius 1 is 1.08 bits per heavy atom. The zero-order valence-corrected chi connectivity index (χ0v) is 14.3.